The number of rotatable bonds is 11. The monoisotopic (exact) mass is 258 g/mol. The van der Waals surface area contributed by atoms with E-state index in [1.165, 1.54) is 12.8 Å². The third-order valence-electron chi connectivity index (χ3n) is 3.42. The van der Waals surface area contributed by atoms with Crippen LogP contribution in [0.5, 0.6) is 0 Å². The predicted octanol–water partition coefficient (Wildman–Crippen LogP) is 2.16. The van der Waals surface area contributed by atoms with Gasteiger partial charge in [-0.3, -0.25) is 0 Å². The van der Waals surface area contributed by atoms with E-state index in [1.807, 2.05) is 0 Å². The molecule has 0 aromatic rings. The van der Waals surface area contributed by atoms with Crippen molar-refractivity contribution in [2.24, 2.45) is 0 Å². The SMILES string of the molecule is CC1(COCCCCCCOCC2(C)CO2)CO1. The fourth-order valence-corrected chi connectivity index (χ4v) is 1.75. The summed E-state index contributed by atoms with van der Waals surface area (Å²) in [5, 5.41) is 0. The molecule has 18 heavy (non-hydrogen) atoms. The molecule has 2 saturated heterocycles. The highest BCUT2D eigenvalue weighted by molar-refractivity contribution is 4.86. The Labute approximate surface area is 110 Å². The van der Waals surface area contributed by atoms with E-state index in [2.05, 4.69) is 13.8 Å². The average molecular weight is 258 g/mol. The highest BCUT2D eigenvalue weighted by atomic mass is 16.6. The van der Waals surface area contributed by atoms with E-state index in [1.54, 1.807) is 0 Å². The number of hydrogen-bond donors (Lipinski definition) is 0. The second-order valence-electron chi connectivity index (χ2n) is 6.00. The Morgan fingerprint density at radius 1 is 0.778 bits per heavy atom. The normalized spacial score (nSPS) is 33.7. The topological polar surface area (TPSA) is 43.5 Å². The van der Waals surface area contributed by atoms with E-state index in [0.717, 1.165) is 52.5 Å². The maximum absolute atomic E-state index is 5.57. The van der Waals surface area contributed by atoms with E-state index in [4.69, 9.17) is 18.9 Å². The van der Waals surface area contributed by atoms with Gasteiger partial charge in [0.15, 0.2) is 0 Å². The summed E-state index contributed by atoms with van der Waals surface area (Å²) in [6, 6.07) is 0. The summed E-state index contributed by atoms with van der Waals surface area (Å²) in [5.41, 5.74) is 0.0731. The van der Waals surface area contributed by atoms with Crippen LogP contribution < -0.4 is 0 Å². The maximum Gasteiger partial charge on any atom is 0.112 e. The van der Waals surface area contributed by atoms with E-state index in [0.29, 0.717) is 0 Å². The van der Waals surface area contributed by atoms with Gasteiger partial charge in [-0.25, -0.2) is 0 Å². The van der Waals surface area contributed by atoms with Crippen LogP contribution in [0.1, 0.15) is 39.5 Å². The standard InChI is InChI=1S/C14H26O4/c1-13(11-17-13)9-15-7-5-3-4-6-8-16-10-14(2)12-18-14/h3-12H2,1-2H3. The molecule has 2 rings (SSSR count). The van der Waals surface area contributed by atoms with Crippen molar-refractivity contribution in [3.63, 3.8) is 0 Å². The summed E-state index contributed by atoms with van der Waals surface area (Å²) in [6.07, 6.45) is 4.71. The number of ether oxygens (including phenoxy) is 4. The first-order valence-electron chi connectivity index (χ1n) is 7.05. The molecule has 4 heteroatoms. The quantitative estimate of drug-likeness (QED) is 0.421. The van der Waals surface area contributed by atoms with Gasteiger partial charge >= 0.3 is 0 Å². The minimum absolute atomic E-state index is 0.0365. The van der Waals surface area contributed by atoms with Gasteiger partial charge in [0.1, 0.15) is 11.2 Å². The number of hydrogen-bond acceptors (Lipinski definition) is 4. The van der Waals surface area contributed by atoms with Crippen LogP contribution in [-0.4, -0.2) is 50.8 Å². The largest absolute Gasteiger partial charge is 0.378 e. The van der Waals surface area contributed by atoms with Crippen molar-refractivity contribution in [1.82, 2.24) is 0 Å². The van der Waals surface area contributed by atoms with Gasteiger partial charge in [0.05, 0.1) is 26.4 Å². The predicted molar refractivity (Wildman–Crippen MR) is 68.8 cm³/mol. The highest BCUT2D eigenvalue weighted by Gasteiger charge is 2.39. The van der Waals surface area contributed by atoms with Crippen LogP contribution in [0.3, 0.4) is 0 Å². The van der Waals surface area contributed by atoms with Gasteiger partial charge in [-0.05, 0) is 26.7 Å². The molecule has 0 aromatic carbocycles. The molecule has 106 valence electrons. The fraction of sp³-hybridized carbons (Fsp3) is 1.00. The van der Waals surface area contributed by atoms with Gasteiger partial charge in [-0.1, -0.05) is 12.8 Å². The minimum Gasteiger partial charge on any atom is -0.378 e. The summed E-state index contributed by atoms with van der Waals surface area (Å²) < 4.78 is 21.6. The molecular formula is C14H26O4. The first-order valence-corrected chi connectivity index (χ1v) is 7.05. The average Bonchev–Trinajstić information content (AvgIpc) is 3.24. The summed E-state index contributed by atoms with van der Waals surface area (Å²) in [7, 11) is 0. The maximum atomic E-state index is 5.57. The van der Waals surface area contributed by atoms with Crippen LogP contribution in [0.2, 0.25) is 0 Å². The zero-order valence-corrected chi connectivity index (χ0v) is 11.7. The smallest absolute Gasteiger partial charge is 0.112 e. The van der Waals surface area contributed by atoms with Crippen LogP contribution in [0, 0.1) is 0 Å². The first-order chi connectivity index (χ1) is 8.62. The van der Waals surface area contributed by atoms with Crippen molar-refractivity contribution in [2.45, 2.75) is 50.7 Å². The molecule has 2 atom stereocenters. The van der Waals surface area contributed by atoms with Crippen LogP contribution in [-0.2, 0) is 18.9 Å². The lowest BCUT2D eigenvalue weighted by atomic mass is 10.2. The molecule has 2 heterocycles. The summed E-state index contributed by atoms with van der Waals surface area (Å²) >= 11 is 0. The second-order valence-corrected chi connectivity index (χ2v) is 6.00. The van der Waals surface area contributed by atoms with Crippen molar-refractivity contribution < 1.29 is 18.9 Å². The Bertz CT molecular complexity index is 220. The number of unbranched alkanes of at least 4 members (excludes halogenated alkanes) is 3. The van der Waals surface area contributed by atoms with E-state index < -0.39 is 0 Å². The van der Waals surface area contributed by atoms with Crippen LogP contribution in [0.25, 0.3) is 0 Å². The van der Waals surface area contributed by atoms with E-state index in [-0.39, 0.29) is 11.2 Å². The fourth-order valence-electron chi connectivity index (χ4n) is 1.75. The van der Waals surface area contributed by atoms with Crippen molar-refractivity contribution >= 4 is 0 Å². The zero-order chi connectivity index (χ0) is 12.9. The Hall–Kier alpha value is -0.160. The lowest BCUT2D eigenvalue weighted by molar-refractivity contribution is 0.0766. The van der Waals surface area contributed by atoms with E-state index >= 15 is 0 Å². The van der Waals surface area contributed by atoms with Gasteiger partial charge in [-0.15, -0.1) is 0 Å². The molecule has 2 fully saturated rings. The molecule has 0 spiro atoms. The molecule has 4 nitrogen and oxygen atoms in total. The molecule has 0 saturated carbocycles. The van der Waals surface area contributed by atoms with Crippen molar-refractivity contribution in [3.05, 3.63) is 0 Å². The summed E-state index contributed by atoms with van der Waals surface area (Å²) in [5.74, 6) is 0. The molecule has 0 aromatic heterocycles. The van der Waals surface area contributed by atoms with Gasteiger partial charge in [0, 0.05) is 13.2 Å². The molecule has 0 amide bonds. The molecule has 2 aliphatic rings. The Balaban J connectivity index is 1.27. The van der Waals surface area contributed by atoms with Crippen molar-refractivity contribution in [1.29, 1.82) is 0 Å². The molecule has 0 radical (unpaired) electrons. The zero-order valence-electron chi connectivity index (χ0n) is 11.7. The Morgan fingerprint density at radius 3 is 1.50 bits per heavy atom. The van der Waals surface area contributed by atoms with Gasteiger partial charge in [0.2, 0.25) is 0 Å². The van der Waals surface area contributed by atoms with Crippen molar-refractivity contribution in [3.8, 4) is 0 Å². The minimum atomic E-state index is 0.0365. The van der Waals surface area contributed by atoms with Crippen molar-refractivity contribution in [2.75, 3.05) is 39.6 Å². The Kier molecular flexibility index (Phi) is 5.01. The van der Waals surface area contributed by atoms with Gasteiger partial charge in [-0.2, -0.15) is 0 Å². The lowest BCUT2D eigenvalue weighted by Crippen LogP contribution is -2.15. The number of epoxide rings is 2. The molecule has 0 N–H and O–H groups in total. The van der Waals surface area contributed by atoms with Gasteiger partial charge in [0.25, 0.3) is 0 Å². The molecule has 2 aliphatic heterocycles. The van der Waals surface area contributed by atoms with Gasteiger partial charge < -0.3 is 18.9 Å². The molecule has 0 bridgehead atoms. The third kappa shape index (κ3) is 5.65. The molecule has 2 unspecified atom stereocenters. The first kappa shape index (κ1) is 14.3. The van der Waals surface area contributed by atoms with Crippen LogP contribution >= 0.6 is 0 Å². The highest BCUT2D eigenvalue weighted by Crippen LogP contribution is 2.26. The lowest BCUT2D eigenvalue weighted by Gasteiger charge is -2.08. The Morgan fingerprint density at radius 2 is 1.17 bits per heavy atom. The summed E-state index contributed by atoms with van der Waals surface area (Å²) in [6.45, 7) is 9.09. The summed E-state index contributed by atoms with van der Waals surface area (Å²) in [4.78, 5) is 0. The van der Waals surface area contributed by atoms with Crippen LogP contribution in [0.15, 0.2) is 0 Å². The second kappa shape index (κ2) is 6.33. The molecular weight excluding hydrogens is 232 g/mol. The molecule has 0 aliphatic carbocycles. The third-order valence-corrected chi connectivity index (χ3v) is 3.42. The van der Waals surface area contributed by atoms with Crippen LogP contribution in [0.4, 0.5) is 0 Å². The van der Waals surface area contributed by atoms with E-state index in [9.17, 15) is 0 Å².